The highest BCUT2D eigenvalue weighted by molar-refractivity contribution is 5.53. The lowest BCUT2D eigenvalue weighted by molar-refractivity contribution is -0.0814. The van der Waals surface area contributed by atoms with Crippen molar-refractivity contribution in [3.8, 4) is 0 Å². The first kappa shape index (κ1) is 13.1. The molecule has 1 aromatic rings. The van der Waals surface area contributed by atoms with E-state index in [1.54, 1.807) is 29.2 Å². The molecular formula is C14H20F2N2. The lowest BCUT2D eigenvalue weighted by atomic mass is 9.83. The van der Waals surface area contributed by atoms with Gasteiger partial charge in [-0.05, 0) is 36.6 Å². The van der Waals surface area contributed by atoms with Crippen molar-refractivity contribution in [2.75, 3.05) is 23.7 Å². The van der Waals surface area contributed by atoms with Gasteiger partial charge in [0.05, 0.1) is 6.54 Å². The molecule has 1 heterocycles. The summed E-state index contributed by atoms with van der Waals surface area (Å²) in [4.78, 5) is 1.75. The normalized spacial score (nSPS) is 23.4. The summed E-state index contributed by atoms with van der Waals surface area (Å²) in [6.07, 6.45) is 0.537. The summed E-state index contributed by atoms with van der Waals surface area (Å²) in [6, 6.07) is 7.12. The van der Waals surface area contributed by atoms with Crippen molar-refractivity contribution in [2.24, 2.45) is 11.8 Å². The number of nitrogens with zero attached hydrogens (tertiary/aromatic N) is 1. The van der Waals surface area contributed by atoms with Gasteiger partial charge in [-0.15, -0.1) is 0 Å². The summed E-state index contributed by atoms with van der Waals surface area (Å²) in [5.74, 6) is -3.11. The smallest absolute Gasteiger partial charge is 0.268 e. The molecule has 1 aliphatic rings. The van der Waals surface area contributed by atoms with E-state index in [1.807, 2.05) is 13.8 Å². The van der Waals surface area contributed by atoms with Crippen molar-refractivity contribution in [3.05, 3.63) is 24.3 Å². The fourth-order valence-electron chi connectivity index (χ4n) is 2.68. The van der Waals surface area contributed by atoms with Gasteiger partial charge in [0, 0.05) is 23.8 Å². The first-order valence-corrected chi connectivity index (χ1v) is 6.38. The van der Waals surface area contributed by atoms with Crippen molar-refractivity contribution in [3.63, 3.8) is 0 Å². The van der Waals surface area contributed by atoms with E-state index < -0.39 is 11.8 Å². The third kappa shape index (κ3) is 2.57. The Labute approximate surface area is 107 Å². The summed E-state index contributed by atoms with van der Waals surface area (Å²) in [7, 11) is 0. The van der Waals surface area contributed by atoms with Gasteiger partial charge in [0.1, 0.15) is 0 Å². The van der Waals surface area contributed by atoms with Gasteiger partial charge in [0.2, 0.25) is 0 Å². The molecule has 18 heavy (non-hydrogen) atoms. The number of halogens is 2. The summed E-state index contributed by atoms with van der Waals surface area (Å²) in [5, 5.41) is 0. The number of hydrogen-bond donors (Lipinski definition) is 1. The zero-order valence-corrected chi connectivity index (χ0v) is 10.9. The Morgan fingerprint density at radius 3 is 2.39 bits per heavy atom. The van der Waals surface area contributed by atoms with Crippen LogP contribution in [0.2, 0.25) is 0 Å². The van der Waals surface area contributed by atoms with Gasteiger partial charge in [-0.2, -0.15) is 0 Å². The van der Waals surface area contributed by atoms with Crippen molar-refractivity contribution in [2.45, 2.75) is 26.2 Å². The number of nitrogens with two attached hydrogens (primary N) is 1. The summed E-state index contributed by atoms with van der Waals surface area (Å²) in [6.45, 7) is 4.23. The second-order valence-electron chi connectivity index (χ2n) is 5.41. The second-order valence-corrected chi connectivity index (χ2v) is 5.41. The predicted molar refractivity (Wildman–Crippen MR) is 71.0 cm³/mol. The molecule has 2 nitrogen and oxygen atoms in total. The average molecular weight is 254 g/mol. The number of hydrogen-bond acceptors (Lipinski definition) is 2. The highest BCUT2D eigenvalue weighted by atomic mass is 19.3. The van der Waals surface area contributed by atoms with Gasteiger partial charge < -0.3 is 10.6 Å². The molecule has 4 heteroatoms. The van der Waals surface area contributed by atoms with Crippen LogP contribution >= 0.6 is 0 Å². The molecule has 2 N–H and O–H groups in total. The van der Waals surface area contributed by atoms with Gasteiger partial charge in [0.15, 0.2) is 0 Å². The van der Waals surface area contributed by atoms with Crippen LogP contribution in [0.5, 0.6) is 0 Å². The minimum atomic E-state index is -2.62. The molecule has 100 valence electrons. The zero-order valence-electron chi connectivity index (χ0n) is 10.9. The molecule has 1 aromatic carbocycles. The van der Waals surface area contributed by atoms with Crippen molar-refractivity contribution < 1.29 is 8.78 Å². The number of alkyl halides is 2. The topological polar surface area (TPSA) is 29.3 Å². The third-order valence-corrected chi connectivity index (χ3v) is 3.72. The lowest BCUT2D eigenvalue weighted by Gasteiger charge is -2.41. The molecule has 0 aliphatic carbocycles. The molecular weight excluding hydrogens is 234 g/mol. The van der Waals surface area contributed by atoms with Crippen LogP contribution < -0.4 is 10.6 Å². The van der Waals surface area contributed by atoms with Crippen molar-refractivity contribution in [1.29, 1.82) is 0 Å². The third-order valence-electron chi connectivity index (χ3n) is 3.72. The minimum absolute atomic E-state index is 0.0218. The maximum Gasteiger partial charge on any atom is 0.268 e. The van der Waals surface area contributed by atoms with Crippen molar-refractivity contribution in [1.82, 2.24) is 0 Å². The van der Waals surface area contributed by atoms with E-state index in [0.717, 1.165) is 5.69 Å². The Bertz CT molecular complexity index is 401. The Balaban J connectivity index is 2.13. The van der Waals surface area contributed by atoms with E-state index in [0.29, 0.717) is 18.7 Å². The van der Waals surface area contributed by atoms with Crippen LogP contribution in [0.1, 0.15) is 20.3 Å². The van der Waals surface area contributed by atoms with Gasteiger partial charge in [-0.1, -0.05) is 13.8 Å². The van der Waals surface area contributed by atoms with E-state index in [-0.39, 0.29) is 12.5 Å². The average Bonchev–Trinajstić information content (AvgIpc) is 2.28. The second kappa shape index (κ2) is 4.75. The van der Waals surface area contributed by atoms with Crippen LogP contribution in [0.25, 0.3) is 0 Å². The zero-order chi connectivity index (χ0) is 13.3. The van der Waals surface area contributed by atoms with Crippen LogP contribution in [0, 0.1) is 11.8 Å². The van der Waals surface area contributed by atoms with Crippen LogP contribution in [0.15, 0.2) is 24.3 Å². The molecule has 1 saturated heterocycles. The molecule has 0 saturated carbocycles. The Morgan fingerprint density at radius 1 is 1.28 bits per heavy atom. The Morgan fingerprint density at radius 2 is 1.89 bits per heavy atom. The molecule has 0 spiro atoms. The number of anilines is 2. The highest BCUT2D eigenvalue weighted by Crippen LogP contribution is 2.39. The van der Waals surface area contributed by atoms with E-state index in [2.05, 4.69) is 0 Å². The van der Waals surface area contributed by atoms with E-state index in [4.69, 9.17) is 5.73 Å². The summed E-state index contributed by atoms with van der Waals surface area (Å²) < 4.78 is 28.1. The number of rotatable bonds is 2. The Hall–Kier alpha value is -1.32. The molecule has 1 aliphatic heterocycles. The van der Waals surface area contributed by atoms with Gasteiger partial charge in [-0.25, -0.2) is 8.78 Å². The molecule has 0 bridgehead atoms. The van der Waals surface area contributed by atoms with E-state index >= 15 is 0 Å². The largest absolute Gasteiger partial charge is 0.399 e. The van der Waals surface area contributed by atoms with Crippen LogP contribution in [0.3, 0.4) is 0 Å². The fourth-order valence-corrected chi connectivity index (χ4v) is 2.68. The van der Waals surface area contributed by atoms with Crippen LogP contribution in [-0.4, -0.2) is 19.0 Å². The standard InChI is InChI=1S/C14H20F2N2/c1-10(2)13-7-8-18(9-14(13,15)16)12-5-3-11(17)4-6-12/h3-6,10,13H,7-9,17H2,1-2H3. The first-order valence-electron chi connectivity index (χ1n) is 6.38. The molecule has 0 radical (unpaired) electrons. The highest BCUT2D eigenvalue weighted by Gasteiger charge is 2.45. The molecule has 1 unspecified atom stereocenters. The van der Waals surface area contributed by atoms with Gasteiger partial charge >= 0.3 is 0 Å². The van der Waals surface area contributed by atoms with Gasteiger partial charge in [0.25, 0.3) is 5.92 Å². The number of benzene rings is 1. The predicted octanol–water partition coefficient (Wildman–Crippen LogP) is 3.39. The minimum Gasteiger partial charge on any atom is -0.399 e. The number of piperidine rings is 1. The SMILES string of the molecule is CC(C)C1CCN(c2ccc(N)cc2)CC1(F)F. The van der Waals surface area contributed by atoms with E-state index in [1.165, 1.54) is 0 Å². The molecule has 1 fully saturated rings. The quantitative estimate of drug-likeness (QED) is 0.820. The molecule has 0 amide bonds. The van der Waals surface area contributed by atoms with Crippen molar-refractivity contribution >= 4 is 11.4 Å². The lowest BCUT2D eigenvalue weighted by Crippen LogP contribution is -2.50. The molecule has 1 atom stereocenters. The molecule has 0 aromatic heterocycles. The van der Waals surface area contributed by atoms with Crippen LogP contribution in [-0.2, 0) is 0 Å². The maximum absolute atomic E-state index is 14.1. The first-order chi connectivity index (χ1) is 8.40. The number of nitrogen functional groups attached to an aromatic ring is 1. The van der Waals surface area contributed by atoms with E-state index in [9.17, 15) is 8.78 Å². The van der Waals surface area contributed by atoms with Gasteiger partial charge in [-0.3, -0.25) is 0 Å². The monoisotopic (exact) mass is 254 g/mol. The summed E-state index contributed by atoms with van der Waals surface area (Å²) in [5.41, 5.74) is 7.08. The molecule has 2 rings (SSSR count). The fraction of sp³-hybridized carbons (Fsp3) is 0.571. The maximum atomic E-state index is 14.1. The van der Waals surface area contributed by atoms with Crippen LogP contribution in [0.4, 0.5) is 20.2 Å². The Kier molecular flexibility index (Phi) is 3.46. The summed E-state index contributed by atoms with van der Waals surface area (Å²) >= 11 is 0.